The van der Waals surface area contributed by atoms with E-state index in [4.69, 9.17) is 22.7 Å². The van der Waals surface area contributed by atoms with E-state index in [0.717, 1.165) is 0 Å². The molecule has 0 aliphatic carbocycles. The Morgan fingerprint density at radius 3 is 2.60 bits per heavy atom. The van der Waals surface area contributed by atoms with Crippen molar-refractivity contribution in [3.63, 3.8) is 0 Å². The van der Waals surface area contributed by atoms with Crippen LogP contribution in [0, 0.1) is 11.3 Å². The molecule has 0 unspecified atom stereocenters. The van der Waals surface area contributed by atoms with Crippen molar-refractivity contribution in [1.29, 1.82) is 5.26 Å². The Balaban J connectivity index is 2.19. The molecular weight excluding hydrogens is 278 g/mol. The fourth-order valence-electron chi connectivity index (χ4n) is 1.53. The van der Waals surface area contributed by atoms with E-state index in [1.165, 1.54) is 12.1 Å². The Morgan fingerprint density at radius 1 is 1.30 bits per heavy atom. The third-order valence-electron chi connectivity index (χ3n) is 2.48. The van der Waals surface area contributed by atoms with E-state index < -0.39 is 0 Å². The number of nitrogens with two attached hydrogens (primary N) is 1. The molecule has 2 rings (SSSR count). The second-order valence-electron chi connectivity index (χ2n) is 3.85. The highest BCUT2D eigenvalue weighted by Crippen LogP contribution is 2.16. The quantitative estimate of drug-likeness (QED) is 0.456. The SMILES string of the molecule is N#Cc1ccc(NC(=O)c2cc(Cl)nc(NN)c2)cc1. The molecule has 0 saturated heterocycles. The Morgan fingerprint density at radius 2 is 2.00 bits per heavy atom. The largest absolute Gasteiger partial charge is 0.322 e. The van der Waals surface area contributed by atoms with E-state index in [1.807, 2.05) is 6.07 Å². The van der Waals surface area contributed by atoms with Crippen LogP contribution in [0.2, 0.25) is 5.15 Å². The molecule has 1 aromatic heterocycles. The summed E-state index contributed by atoms with van der Waals surface area (Å²) in [5.41, 5.74) is 3.74. The second kappa shape index (κ2) is 6.02. The van der Waals surface area contributed by atoms with Crippen molar-refractivity contribution in [2.75, 3.05) is 10.7 Å². The van der Waals surface area contributed by atoms with Crippen molar-refractivity contribution in [1.82, 2.24) is 4.98 Å². The van der Waals surface area contributed by atoms with E-state index in [0.29, 0.717) is 22.6 Å². The molecule has 0 spiro atoms. The number of carbonyl (C=O) groups excluding carboxylic acids is 1. The van der Waals surface area contributed by atoms with Crippen LogP contribution in [0.3, 0.4) is 0 Å². The molecule has 0 radical (unpaired) electrons. The van der Waals surface area contributed by atoms with Gasteiger partial charge >= 0.3 is 0 Å². The van der Waals surface area contributed by atoms with Crippen LogP contribution in [0.1, 0.15) is 15.9 Å². The van der Waals surface area contributed by atoms with Gasteiger partial charge < -0.3 is 10.7 Å². The molecule has 0 fully saturated rings. The molecule has 0 aliphatic rings. The minimum absolute atomic E-state index is 0.158. The maximum Gasteiger partial charge on any atom is 0.255 e. The lowest BCUT2D eigenvalue weighted by atomic mass is 10.2. The van der Waals surface area contributed by atoms with E-state index in [-0.39, 0.29) is 11.1 Å². The summed E-state index contributed by atoms with van der Waals surface area (Å²) in [5, 5.41) is 11.5. The van der Waals surface area contributed by atoms with Crippen LogP contribution < -0.4 is 16.6 Å². The Kier molecular flexibility index (Phi) is 4.15. The number of benzene rings is 1. The van der Waals surface area contributed by atoms with Crippen molar-refractivity contribution >= 4 is 29.0 Å². The number of hydrogen-bond acceptors (Lipinski definition) is 5. The standard InChI is InChI=1S/C13H10ClN5O/c14-11-5-9(6-12(18-11)19-16)13(20)17-10-3-1-8(7-15)2-4-10/h1-6H,16H2,(H,17,20)(H,18,19). The van der Waals surface area contributed by atoms with Gasteiger partial charge in [0.1, 0.15) is 11.0 Å². The summed E-state index contributed by atoms with van der Waals surface area (Å²) in [7, 11) is 0. The highest BCUT2D eigenvalue weighted by Gasteiger charge is 2.09. The summed E-state index contributed by atoms with van der Waals surface area (Å²) in [5.74, 6) is 5.18. The van der Waals surface area contributed by atoms with Crippen LogP contribution in [0.15, 0.2) is 36.4 Å². The molecule has 2 aromatic rings. The number of nitrogens with one attached hydrogen (secondary N) is 2. The molecule has 0 bridgehead atoms. The topological polar surface area (TPSA) is 104 Å². The smallest absolute Gasteiger partial charge is 0.255 e. The number of anilines is 2. The molecule has 100 valence electrons. The molecule has 0 atom stereocenters. The minimum atomic E-state index is -0.351. The van der Waals surface area contributed by atoms with Crippen LogP contribution in [0.25, 0.3) is 0 Å². The maximum atomic E-state index is 12.1. The average molecular weight is 288 g/mol. The van der Waals surface area contributed by atoms with Crippen molar-refractivity contribution < 1.29 is 4.79 Å². The van der Waals surface area contributed by atoms with Crippen LogP contribution in [0.4, 0.5) is 11.5 Å². The molecular formula is C13H10ClN5O. The minimum Gasteiger partial charge on any atom is -0.322 e. The van der Waals surface area contributed by atoms with Crippen LogP contribution in [0.5, 0.6) is 0 Å². The molecule has 1 amide bonds. The van der Waals surface area contributed by atoms with Gasteiger partial charge in [-0.1, -0.05) is 11.6 Å². The summed E-state index contributed by atoms with van der Waals surface area (Å²) in [4.78, 5) is 15.9. The lowest BCUT2D eigenvalue weighted by Gasteiger charge is -2.07. The summed E-state index contributed by atoms with van der Waals surface area (Å²) in [6, 6.07) is 11.4. The van der Waals surface area contributed by atoms with Gasteiger partial charge in [-0.15, -0.1) is 0 Å². The third-order valence-corrected chi connectivity index (χ3v) is 2.67. The molecule has 1 heterocycles. The van der Waals surface area contributed by atoms with Crippen molar-refractivity contribution in [3.05, 3.63) is 52.7 Å². The molecule has 7 heteroatoms. The van der Waals surface area contributed by atoms with E-state index in [1.54, 1.807) is 24.3 Å². The number of nitrogens with zero attached hydrogens (tertiary/aromatic N) is 2. The van der Waals surface area contributed by atoms with Gasteiger partial charge in [0.2, 0.25) is 0 Å². The van der Waals surface area contributed by atoms with Gasteiger partial charge in [0, 0.05) is 11.3 Å². The predicted molar refractivity (Wildman–Crippen MR) is 76.2 cm³/mol. The average Bonchev–Trinajstić information content (AvgIpc) is 2.47. The number of rotatable bonds is 3. The Hall–Kier alpha value is -2.62. The first-order valence-corrected chi connectivity index (χ1v) is 5.96. The monoisotopic (exact) mass is 287 g/mol. The summed E-state index contributed by atoms with van der Waals surface area (Å²) < 4.78 is 0. The zero-order valence-corrected chi connectivity index (χ0v) is 11.0. The summed E-state index contributed by atoms with van der Waals surface area (Å²) >= 11 is 5.79. The number of hydrogen-bond donors (Lipinski definition) is 3. The molecule has 0 aliphatic heterocycles. The van der Waals surface area contributed by atoms with Crippen molar-refractivity contribution in [2.45, 2.75) is 0 Å². The lowest BCUT2D eigenvalue weighted by Crippen LogP contribution is -2.14. The van der Waals surface area contributed by atoms with Crippen LogP contribution >= 0.6 is 11.6 Å². The molecule has 4 N–H and O–H groups in total. The number of halogens is 1. The van der Waals surface area contributed by atoms with E-state index in [9.17, 15) is 4.79 Å². The number of nitriles is 1. The van der Waals surface area contributed by atoms with E-state index >= 15 is 0 Å². The number of pyridine rings is 1. The van der Waals surface area contributed by atoms with Gasteiger partial charge in [-0.3, -0.25) is 4.79 Å². The fraction of sp³-hybridized carbons (Fsp3) is 0. The van der Waals surface area contributed by atoms with Gasteiger partial charge in [0.05, 0.1) is 11.6 Å². The van der Waals surface area contributed by atoms with Gasteiger partial charge in [0.25, 0.3) is 5.91 Å². The predicted octanol–water partition coefficient (Wildman–Crippen LogP) is 2.14. The first-order chi connectivity index (χ1) is 9.62. The van der Waals surface area contributed by atoms with Gasteiger partial charge in [0.15, 0.2) is 0 Å². The molecule has 20 heavy (non-hydrogen) atoms. The van der Waals surface area contributed by atoms with Crippen molar-refractivity contribution in [2.24, 2.45) is 5.84 Å². The van der Waals surface area contributed by atoms with Crippen LogP contribution in [-0.4, -0.2) is 10.9 Å². The number of hydrazine groups is 1. The Bertz CT molecular complexity index is 678. The number of amides is 1. The van der Waals surface area contributed by atoms with Crippen molar-refractivity contribution in [3.8, 4) is 6.07 Å². The first kappa shape index (κ1) is 13.8. The zero-order valence-electron chi connectivity index (χ0n) is 10.2. The second-order valence-corrected chi connectivity index (χ2v) is 4.24. The first-order valence-electron chi connectivity index (χ1n) is 5.58. The van der Waals surface area contributed by atoms with Gasteiger partial charge in [-0.05, 0) is 36.4 Å². The van der Waals surface area contributed by atoms with E-state index in [2.05, 4.69) is 15.7 Å². The summed E-state index contributed by atoms with van der Waals surface area (Å²) in [6.07, 6.45) is 0. The Labute approximate surface area is 120 Å². The van der Waals surface area contributed by atoms with Gasteiger partial charge in [-0.2, -0.15) is 5.26 Å². The maximum absolute atomic E-state index is 12.1. The normalized spacial score (nSPS) is 9.65. The summed E-state index contributed by atoms with van der Waals surface area (Å²) in [6.45, 7) is 0. The molecule has 0 saturated carbocycles. The van der Waals surface area contributed by atoms with Crippen LogP contribution in [-0.2, 0) is 0 Å². The fourth-order valence-corrected chi connectivity index (χ4v) is 1.74. The number of aromatic nitrogens is 1. The van der Waals surface area contributed by atoms with Gasteiger partial charge in [-0.25, -0.2) is 10.8 Å². The highest BCUT2D eigenvalue weighted by atomic mass is 35.5. The molecule has 1 aromatic carbocycles. The number of nitrogen functional groups attached to an aromatic ring is 1. The highest BCUT2D eigenvalue weighted by molar-refractivity contribution is 6.30. The zero-order chi connectivity index (χ0) is 14.5. The number of carbonyl (C=O) groups is 1. The molecule has 6 nitrogen and oxygen atoms in total. The third kappa shape index (κ3) is 3.23. The lowest BCUT2D eigenvalue weighted by molar-refractivity contribution is 0.102.